The number of nitrogens with one attached hydrogen (secondary N) is 2. The van der Waals surface area contributed by atoms with E-state index in [0.717, 1.165) is 22.2 Å². The largest absolute Gasteiger partial charge is 0.348 e. The second-order valence-electron chi connectivity index (χ2n) is 7.42. The summed E-state index contributed by atoms with van der Waals surface area (Å²) in [6.07, 6.45) is 2.43. The molecular weight excluding hydrogens is 402 g/mol. The van der Waals surface area contributed by atoms with Crippen molar-refractivity contribution in [3.8, 4) is 0 Å². The lowest BCUT2D eigenvalue weighted by Crippen LogP contribution is -2.31. The Bertz CT molecular complexity index is 964. The summed E-state index contributed by atoms with van der Waals surface area (Å²) >= 11 is 3.15. The fourth-order valence-corrected chi connectivity index (χ4v) is 5.02. The van der Waals surface area contributed by atoms with Crippen molar-refractivity contribution in [2.24, 2.45) is 5.92 Å². The van der Waals surface area contributed by atoms with Crippen LogP contribution in [0.2, 0.25) is 0 Å². The molecule has 0 bridgehead atoms. The van der Waals surface area contributed by atoms with Crippen molar-refractivity contribution in [3.63, 3.8) is 0 Å². The van der Waals surface area contributed by atoms with Crippen LogP contribution < -0.4 is 10.6 Å². The van der Waals surface area contributed by atoms with Crippen LogP contribution in [0.25, 0.3) is 10.2 Å². The standard InChI is InChI=1S/C22H27N3O2S2/c1-4-6-19(26)25-22-23-16-10-8-15(13-18(16)29-22)9-11-20(27)24-21(14(2)3)17-7-5-12-28-17/h5,7-8,10,12-14,21H,4,6,9,11H2,1-3H3,(H,24,27)(H,23,25,26)/t21-/m1/s1. The smallest absolute Gasteiger partial charge is 0.226 e. The number of aromatic nitrogens is 1. The molecule has 7 heteroatoms. The molecule has 0 aliphatic carbocycles. The van der Waals surface area contributed by atoms with Crippen LogP contribution in [0.1, 0.15) is 56.5 Å². The molecule has 3 aromatic rings. The van der Waals surface area contributed by atoms with Crippen LogP contribution in [0.4, 0.5) is 5.13 Å². The van der Waals surface area contributed by atoms with Gasteiger partial charge in [-0.05, 0) is 47.9 Å². The number of rotatable bonds is 9. The van der Waals surface area contributed by atoms with Crippen molar-refractivity contribution in [3.05, 3.63) is 46.2 Å². The first-order valence-electron chi connectivity index (χ1n) is 9.98. The van der Waals surface area contributed by atoms with Crippen LogP contribution >= 0.6 is 22.7 Å². The van der Waals surface area contributed by atoms with Gasteiger partial charge < -0.3 is 10.6 Å². The number of hydrogen-bond donors (Lipinski definition) is 2. The number of thiazole rings is 1. The third-order valence-corrected chi connectivity index (χ3v) is 6.54. The van der Waals surface area contributed by atoms with E-state index in [0.29, 0.717) is 30.3 Å². The first kappa shape index (κ1) is 21.5. The third-order valence-electron chi connectivity index (χ3n) is 4.65. The zero-order chi connectivity index (χ0) is 20.8. The molecule has 154 valence electrons. The summed E-state index contributed by atoms with van der Waals surface area (Å²) in [6.45, 7) is 6.22. The molecule has 0 fully saturated rings. The molecule has 0 aliphatic rings. The number of carbonyl (C=O) groups is 2. The Hall–Kier alpha value is -2.25. The Labute approximate surface area is 179 Å². The maximum Gasteiger partial charge on any atom is 0.226 e. The molecule has 5 nitrogen and oxygen atoms in total. The van der Waals surface area contributed by atoms with E-state index in [9.17, 15) is 9.59 Å². The second kappa shape index (κ2) is 9.98. The van der Waals surface area contributed by atoms with Crippen LogP contribution in [0, 0.1) is 5.92 Å². The Kier molecular flexibility index (Phi) is 7.39. The van der Waals surface area contributed by atoms with Gasteiger partial charge in [-0.15, -0.1) is 11.3 Å². The SMILES string of the molecule is CCCC(=O)Nc1nc2ccc(CCC(=O)N[C@@H](c3cccs3)C(C)C)cc2s1. The number of aryl methyl sites for hydroxylation is 1. The van der Waals surface area contributed by atoms with E-state index in [2.05, 4.69) is 41.6 Å². The van der Waals surface area contributed by atoms with Gasteiger partial charge in [-0.25, -0.2) is 4.98 Å². The molecule has 29 heavy (non-hydrogen) atoms. The van der Waals surface area contributed by atoms with E-state index in [-0.39, 0.29) is 17.9 Å². The molecular formula is C22H27N3O2S2. The van der Waals surface area contributed by atoms with E-state index < -0.39 is 0 Å². The monoisotopic (exact) mass is 429 g/mol. The Morgan fingerprint density at radius 2 is 1.97 bits per heavy atom. The summed E-state index contributed by atoms with van der Waals surface area (Å²) in [6, 6.07) is 10.2. The fourth-order valence-electron chi connectivity index (χ4n) is 3.12. The van der Waals surface area contributed by atoms with Crippen LogP contribution in [0.5, 0.6) is 0 Å². The minimum Gasteiger partial charge on any atom is -0.348 e. The first-order valence-corrected chi connectivity index (χ1v) is 11.7. The first-order chi connectivity index (χ1) is 14.0. The molecule has 0 spiro atoms. The number of nitrogens with zero attached hydrogens (tertiary/aromatic N) is 1. The Morgan fingerprint density at radius 3 is 2.66 bits per heavy atom. The topological polar surface area (TPSA) is 71.1 Å². The van der Waals surface area contributed by atoms with Gasteiger partial charge in [0, 0.05) is 17.7 Å². The summed E-state index contributed by atoms with van der Waals surface area (Å²) in [5.41, 5.74) is 1.97. The minimum absolute atomic E-state index is 0.00565. The van der Waals surface area contributed by atoms with Crippen LogP contribution in [-0.4, -0.2) is 16.8 Å². The lowest BCUT2D eigenvalue weighted by Gasteiger charge is -2.21. The molecule has 1 aromatic carbocycles. The average Bonchev–Trinajstić information content (AvgIpc) is 3.33. The zero-order valence-electron chi connectivity index (χ0n) is 17.0. The van der Waals surface area contributed by atoms with E-state index in [1.54, 1.807) is 11.3 Å². The number of hydrogen-bond acceptors (Lipinski definition) is 5. The van der Waals surface area contributed by atoms with Gasteiger partial charge in [0.25, 0.3) is 0 Å². The highest BCUT2D eigenvalue weighted by molar-refractivity contribution is 7.22. The van der Waals surface area contributed by atoms with Gasteiger partial charge in [0.1, 0.15) is 0 Å². The summed E-state index contributed by atoms with van der Waals surface area (Å²) in [5, 5.41) is 8.70. The molecule has 0 radical (unpaired) electrons. The third kappa shape index (κ3) is 5.87. The van der Waals surface area contributed by atoms with Crippen molar-refractivity contribution in [2.45, 2.75) is 52.5 Å². The lowest BCUT2D eigenvalue weighted by molar-refractivity contribution is -0.122. The fraction of sp³-hybridized carbons (Fsp3) is 0.409. The second-order valence-corrected chi connectivity index (χ2v) is 9.43. The number of amides is 2. The summed E-state index contributed by atoms with van der Waals surface area (Å²) in [5.74, 6) is 0.399. The van der Waals surface area contributed by atoms with Crippen molar-refractivity contribution in [1.29, 1.82) is 0 Å². The molecule has 2 aromatic heterocycles. The predicted octanol–water partition coefficient (Wildman–Crippen LogP) is 5.54. The number of thiophene rings is 1. The van der Waals surface area contributed by atoms with Crippen LogP contribution in [0.15, 0.2) is 35.7 Å². The number of anilines is 1. The van der Waals surface area contributed by atoms with Crippen molar-refractivity contribution >= 4 is 49.8 Å². The predicted molar refractivity (Wildman–Crippen MR) is 122 cm³/mol. The maximum atomic E-state index is 12.5. The van der Waals surface area contributed by atoms with E-state index in [1.807, 2.05) is 30.5 Å². The van der Waals surface area contributed by atoms with Gasteiger partial charge >= 0.3 is 0 Å². The zero-order valence-corrected chi connectivity index (χ0v) is 18.7. The van der Waals surface area contributed by atoms with Crippen molar-refractivity contribution in [2.75, 3.05) is 5.32 Å². The molecule has 1 atom stereocenters. The van der Waals surface area contributed by atoms with Crippen molar-refractivity contribution < 1.29 is 9.59 Å². The molecule has 2 N–H and O–H groups in total. The minimum atomic E-state index is -0.00565. The Balaban J connectivity index is 1.59. The normalized spacial score (nSPS) is 12.3. The van der Waals surface area contributed by atoms with Crippen LogP contribution in [-0.2, 0) is 16.0 Å². The molecule has 3 rings (SSSR count). The van der Waals surface area contributed by atoms with Gasteiger partial charge in [0.2, 0.25) is 11.8 Å². The summed E-state index contributed by atoms with van der Waals surface area (Å²) in [4.78, 5) is 29.9. The summed E-state index contributed by atoms with van der Waals surface area (Å²) < 4.78 is 1.02. The highest BCUT2D eigenvalue weighted by atomic mass is 32.1. The summed E-state index contributed by atoms with van der Waals surface area (Å²) in [7, 11) is 0. The van der Waals surface area contributed by atoms with Gasteiger partial charge in [-0.1, -0.05) is 44.2 Å². The number of carbonyl (C=O) groups excluding carboxylic acids is 2. The van der Waals surface area contributed by atoms with Gasteiger partial charge in [0.15, 0.2) is 5.13 Å². The highest BCUT2D eigenvalue weighted by Gasteiger charge is 2.19. The molecule has 2 amide bonds. The molecule has 0 saturated carbocycles. The van der Waals surface area contributed by atoms with E-state index in [4.69, 9.17) is 0 Å². The average molecular weight is 430 g/mol. The number of fused-ring (bicyclic) bond motifs is 1. The number of benzene rings is 1. The maximum absolute atomic E-state index is 12.5. The quantitative estimate of drug-likeness (QED) is 0.469. The molecule has 0 aliphatic heterocycles. The highest BCUT2D eigenvalue weighted by Crippen LogP contribution is 2.28. The van der Waals surface area contributed by atoms with E-state index in [1.165, 1.54) is 16.2 Å². The van der Waals surface area contributed by atoms with Crippen molar-refractivity contribution in [1.82, 2.24) is 10.3 Å². The lowest BCUT2D eigenvalue weighted by atomic mass is 10.0. The van der Waals surface area contributed by atoms with Gasteiger partial charge in [-0.2, -0.15) is 0 Å². The molecule has 0 unspecified atom stereocenters. The molecule has 0 saturated heterocycles. The molecule has 2 heterocycles. The Morgan fingerprint density at radius 1 is 1.14 bits per heavy atom. The van der Waals surface area contributed by atoms with E-state index >= 15 is 0 Å². The van der Waals surface area contributed by atoms with Gasteiger partial charge in [0.05, 0.1) is 16.3 Å². The van der Waals surface area contributed by atoms with Gasteiger partial charge in [-0.3, -0.25) is 9.59 Å². The van der Waals surface area contributed by atoms with Crippen LogP contribution in [0.3, 0.4) is 0 Å².